The molecule has 7 fully saturated rings. The van der Waals surface area contributed by atoms with Crippen LogP contribution in [0.25, 0.3) is 10.4 Å². The Kier molecular flexibility index (Phi) is 28.2. The molecule has 0 spiro atoms. The third-order valence-corrected chi connectivity index (χ3v) is 21.1. The second-order valence-electron chi connectivity index (χ2n) is 28.3. The van der Waals surface area contributed by atoms with Crippen LogP contribution >= 0.6 is 0 Å². The lowest BCUT2D eigenvalue weighted by atomic mass is 9.90. The van der Waals surface area contributed by atoms with Crippen LogP contribution in [0.15, 0.2) is 217 Å². The SMILES string of the molecule is COC[C@@H]1O[C@@H](O[C@H]2C3CO[C@H](O3)C(N=[N+]=[N-])[C@@H]2OC)C(OC)C(OC)[C@@H]1O[C@H]1O[C@@H](COC(=O)c2ccccc2)[C@@H](O[C@@H]2OC(COC(=O)c3ccccc3)[C@@H](O[C@@H]3OC4COC(c5ccccc5)O[C@H]4[C@H](OC(=O)c4ccccc4)C3OC(=O)c3ccccc3)[C@H](OC(=O)c3ccccc3)C2OC(=O)c2ccccc2)C(OC)C1C. The summed E-state index contributed by atoms with van der Waals surface area (Å²) in [7, 11) is 7.14. The number of rotatable bonds is 30. The van der Waals surface area contributed by atoms with E-state index in [2.05, 4.69) is 10.0 Å². The van der Waals surface area contributed by atoms with Gasteiger partial charge in [-0.05, 0) is 78.3 Å². The third-order valence-electron chi connectivity index (χ3n) is 21.1. The average Bonchev–Trinajstić information content (AvgIpc) is 1.51. The number of benzene rings is 7. The van der Waals surface area contributed by atoms with Crippen molar-refractivity contribution in [3.05, 3.63) is 262 Å². The monoisotopic (exact) mass is 1620 g/mol. The van der Waals surface area contributed by atoms with Gasteiger partial charge in [-0.1, -0.05) is 152 Å². The van der Waals surface area contributed by atoms with Crippen molar-refractivity contribution in [1.29, 1.82) is 0 Å². The van der Waals surface area contributed by atoms with Gasteiger partial charge in [-0.2, -0.15) is 0 Å². The smallest absolute Gasteiger partial charge is 0.338 e. The van der Waals surface area contributed by atoms with Crippen molar-refractivity contribution in [2.45, 2.75) is 161 Å². The molecule has 0 aliphatic carbocycles. The molecule has 32 heteroatoms. The van der Waals surface area contributed by atoms with E-state index in [1.165, 1.54) is 96.2 Å². The number of carbonyl (C=O) groups excluding carboxylic acids is 6. The van der Waals surface area contributed by atoms with Crippen LogP contribution < -0.4 is 0 Å². The van der Waals surface area contributed by atoms with Crippen LogP contribution in [-0.2, 0) is 109 Å². The van der Waals surface area contributed by atoms with Crippen molar-refractivity contribution in [3.63, 3.8) is 0 Å². The first-order chi connectivity index (χ1) is 57.1. The minimum Gasteiger partial charge on any atom is -0.459 e. The minimum atomic E-state index is -2.02. The number of fused-ring (bicyclic) bond motifs is 3. The van der Waals surface area contributed by atoms with Crippen LogP contribution in [0.3, 0.4) is 0 Å². The molecule has 32 nitrogen and oxygen atoms in total. The van der Waals surface area contributed by atoms with Gasteiger partial charge in [0.15, 0.2) is 62.2 Å². The van der Waals surface area contributed by atoms with Crippen LogP contribution in [0.2, 0.25) is 0 Å². The number of nitrogens with zero attached hydrogens (tertiary/aromatic N) is 3. The van der Waals surface area contributed by atoms with Gasteiger partial charge in [-0.3, -0.25) is 0 Å². The highest BCUT2D eigenvalue weighted by atomic mass is 16.8. The summed E-state index contributed by atoms with van der Waals surface area (Å²) in [6.07, 6.45) is -33.3. The zero-order chi connectivity index (χ0) is 81.5. The highest BCUT2D eigenvalue weighted by Crippen LogP contribution is 2.44. The fourth-order valence-electron chi connectivity index (χ4n) is 15.3. The highest BCUT2D eigenvalue weighted by Gasteiger charge is 2.62. The summed E-state index contributed by atoms with van der Waals surface area (Å²) in [5, 5.41) is 3.93. The molecular formula is C85H89N3O29. The molecule has 117 heavy (non-hydrogen) atoms. The van der Waals surface area contributed by atoms with Crippen LogP contribution in [0.5, 0.6) is 0 Å². The van der Waals surface area contributed by atoms with Crippen molar-refractivity contribution in [2.75, 3.05) is 68.6 Å². The van der Waals surface area contributed by atoms with E-state index < -0.39 is 209 Å². The zero-order valence-electron chi connectivity index (χ0n) is 64.4. The molecule has 7 aromatic rings. The predicted octanol–water partition coefficient (Wildman–Crippen LogP) is 8.93. The Bertz CT molecular complexity index is 4460. The molecule has 11 unspecified atom stereocenters. The van der Waals surface area contributed by atoms with Gasteiger partial charge in [-0.15, -0.1) is 0 Å². The van der Waals surface area contributed by atoms with Gasteiger partial charge < -0.3 is 109 Å². The van der Waals surface area contributed by atoms with Gasteiger partial charge in [0, 0.05) is 51.9 Å². The Balaban J connectivity index is 0.863. The third kappa shape index (κ3) is 19.3. The number of azide groups is 1. The molecule has 0 amide bonds. The Labute approximate surface area is 672 Å². The first kappa shape index (κ1) is 83.5. The second-order valence-corrected chi connectivity index (χ2v) is 28.3. The second kappa shape index (κ2) is 39.5. The number of methoxy groups -OCH3 is 5. The maximum absolute atomic E-state index is 15.4. The summed E-state index contributed by atoms with van der Waals surface area (Å²) in [6.45, 7) is -0.0193. The fraction of sp³-hybridized carbons (Fsp3) is 0.435. The van der Waals surface area contributed by atoms with Crippen LogP contribution in [0.4, 0.5) is 0 Å². The molecule has 0 N–H and O–H groups in total. The lowest BCUT2D eigenvalue weighted by Crippen LogP contribution is -2.69. The van der Waals surface area contributed by atoms with E-state index in [9.17, 15) is 24.7 Å². The number of ether oxygens (including phenoxy) is 23. The number of hydrogen-bond acceptors (Lipinski definition) is 30. The zero-order valence-corrected chi connectivity index (χ0v) is 64.4. The molecule has 7 aliphatic heterocycles. The van der Waals surface area contributed by atoms with E-state index in [4.69, 9.17) is 109 Å². The minimum absolute atomic E-state index is 0.0105. The van der Waals surface area contributed by atoms with Crippen molar-refractivity contribution < 1.29 is 138 Å². The topological polar surface area (TPSA) is 363 Å². The Morgan fingerprint density at radius 1 is 0.359 bits per heavy atom. The largest absolute Gasteiger partial charge is 0.459 e. The Morgan fingerprint density at radius 2 is 0.726 bits per heavy atom. The van der Waals surface area contributed by atoms with Crippen molar-refractivity contribution in [1.82, 2.24) is 0 Å². The van der Waals surface area contributed by atoms with Crippen molar-refractivity contribution >= 4 is 35.8 Å². The summed E-state index contributed by atoms with van der Waals surface area (Å²) in [5.74, 6) is -6.48. The summed E-state index contributed by atoms with van der Waals surface area (Å²) in [4.78, 5) is 92.2. The molecular weight excluding hydrogens is 1530 g/mol. The van der Waals surface area contributed by atoms with Gasteiger partial charge in [-0.25, -0.2) is 28.8 Å². The summed E-state index contributed by atoms with van der Waals surface area (Å²) in [5.41, 5.74) is 10.5. The highest BCUT2D eigenvalue weighted by molar-refractivity contribution is 5.92. The molecule has 7 heterocycles. The summed E-state index contributed by atoms with van der Waals surface area (Å²) in [6, 6.07) is 55.6. The predicted molar refractivity (Wildman–Crippen MR) is 402 cm³/mol. The molecule has 26 atom stereocenters. The van der Waals surface area contributed by atoms with E-state index in [1.807, 2.05) is 6.07 Å². The molecule has 7 aromatic carbocycles. The first-order valence-corrected chi connectivity index (χ1v) is 38.1. The molecule has 14 rings (SSSR count). The molecule has 618 valence electrons. The van der Waals surface area contributed by atoms with E-state index in [0.717, 1.165) is 0 Å². The maximum Gasteiger partial charge on any atom is 0.338 e. The number of hydrogen-bond donors (Lipinski definition) is 0. The normalized spacial score (nSPS) is 32.5. The van der Waals surface area contributed by atoms with Gasteiger partial charge in [0.05, 0.1) is 65.4 Å². The summed E-state index contributed by atoms with van der Waals surface area (Å²) < 4.78 is 151. The van der Waals surface area contributed by atoms with E-state index in [1.54, 1.807) is 153 Å². The van der Waals surface area contributed by atoms with Gasteiger partial charge in [0.1, 0.15) is 92.5 Å². The van der Waals surface area contributed by atoms with E-state index >= 15 is 9.59 Å². The number of carbonyl (C=O) groups is 6. The van der Waals surface area contributed by atoms with Crippen molar-refractivity contribution in [2.24, 2.45) is 11.0 Å². The molecule has 7 aliphatic rings. The number of esters is 6. The first-order valence-electron chi connectivity index (χ1n) is 38.1. The maximum atomic E-state index is 15.4. The van der Waals surface area contributed by atoms with Gasteiger partial charge in [0.2, 0.25) is 0 Å². The van der Waals surface area contributed by atoms with E-state index in [-0.39, 0.29) is 53.2 Å². The van der Waals surface area contributed by atoms with Crippen LogP contribution in [0.1, 0.15) is 80.9 Å². The average molecular weight is 1620 g/mol. The van der Waals surface area contributed by atoms with Gasteiger partial charge in [0.25, 0.3) is 0 Å². The lowest BCUT2D eigenvalue weighted by molar-refractivity contribution is -0.394. The standard InChI is InChI=1S/C85H89N3O29/c1-47-61(96-3)62(56(43-100-74(89)48-28-14-7-15-29-48)104-80(47)113-64-55(42-95-2)106-83(71(99-6)68(64)98-5)116-63-58-46-103-82(105-58)60(87-88-86)67(63)97-4)115-84-73(112-79(94)53-38-24-12-25-39-53)70(110-77(92)51-34-20-10-21-35-51)66(57(107-84)44-101-75(90)49-30-16-8-17-31-49)117-85-72(111-78(93)52-36-22-11-23-37-52)69(109-76(91)50-32-18-9-19-33-50)65-59(108-85)45-102-81(114-65)54-40-26-13-27-41-54/h7-41,47,55-73,80-85H,42-46H2,1-6H3/t47?,55-,56-,57?,58?,59?,60?,61?,62+,63-,64+,65+,66+,67-,68?,69-,70-,71?,72?,73?,80+,81?,82+,83-,84-,85-/m0/s1. The molecule has 0 aromatic heterocycles. The Hall–Kier alpha value is -10.0. The Morgan fingerprint density at radius 3 is 1.19 bits per heavy atom. The van der Waals surface area contributed by atoms with Crippen LogP contribution in [0, 0.1) is 5.92 Å². The van der Waals surface area contributed by atoms with Crippen molar-refractivity contribution in [3.8, 4) is 0 Å². The quantitative estimate of drug-likeness (QED) is 0.0133. The fourth-order valence-corrected chi connectivity index (χ4v) is 15.3. The van der Waals surface area contributed by atoms with Gasteiger partial charge >= 0.3 is 35.8 Å². The summed E-state index contributed by atoms with van der Waals surface area (Å²) >= 11 is 0. The molecule has 0 saturated carbocycles. The molecule has 0 radical (unpaired) electrons. The van der Waals surface area contributed by atoms with Crippen LogP contribution in [-0.4, -0.2) is 252 Å². The lowest BCUT2D eigenvalue weighted by Gasteiger charge is -2.52. The van der Waals surface area contributed by atoms with E-state index in [0.29, 0.717) is 5.56 Å². The molecule has 7 saturated heterocycles. The molecule has 2 bridgehead atoms.